The first-order chi connectivity index (χ1) is 12.1. The normalized spacial score (nSPS) is 13.4. The smallest absolute Gasteiger partial charge is 0.335 e. The Morgan fingerprint density at radius 1 is 1.20 bits per heavy atom. The van der Waals surface area contributed by atoms with Crippen LogP contribution in [0.15, 0.2) is 24.3 Å². The van der Waals surface area contributed by atoms with Crippen LogP contribution in [-0.4, -0.2) is 17.0 Å². The largest absolute Gasteiger partial charge is 0.478 e. The summed E-state index contributed by atoms with van der Waals surface area (Å²) in [5.41, 5.74) is 2.23. The van der Waals surface area contributed by atoms with Gasteiger partial charge in [0.2, 0.25) is 5.91 Å². The molecular formula is C19H18N2O3S. The van der Waals surface area contributed by atoms with Crippen LogP contribution < -0.4 is 5.32 Å². The number of fused-ring (bicyclic) bond motifs is 1. The summed E-state index contributed by atoms with van der Waals surface area (Å²) in [4.78, 5) is 24.8. The number of nitriles is 1. The number of hydrogen-bond acceptors (Lipinski definition) is 4. The highest BCUT2D eigenvalue weighted by molar-refractivity contribution is 7.16. The Kier molecular flexibility index (Phi) is 5.15. The van der Waals surface area contributed by atoms with E-state index in [1.165, 1.54) is 28.7 Å². The highest BCUT2D eigenvalue weighted by Gasteiger charge is 2.21. The van der Waals surface area contributed by atoms with Crippen molar-refractivity contribution in [1.29, 1.82) is 5.26 Å². The van der Waals surface area contributed by atoms with Crippen LogP contribution in [0.5, 0.6) is 0 Å². The fraction of sp³-hybridized carbons (Fsp3) is 0.316. The first kappa shape index (κ1) is 17.2. The van der Waals surface area contributed by atoms with Gasteiger partial charge in [0.15, 0.2) is 0 Å². The number of aryl methyl sites for hydroxylation is 1. The van der Waals surface area contributed by atoms with Crippen molar-refractivity contribution in [3.8, 4) is 6.07 Å². The SMILES string of the molecule is N#Cc1c(NC(=O)Cc2ccccc2C(=O)O)sc2c1CCCCC2. The summed E-state index contributed by atoms with van der Waals surface area (Å²) in [6.45, 7) is 0. The van der Waals surface area contributed by atoms with Gasteiger partial charge in [-0.25, -0.2) is 4.79 Å². The van der Waals surface area contributed by atoms with Gasteiger partial charge in [-0.15, -0.1) is 11.3 Å². The number of nitrogens with zero attached hydrogens (tertiary/aromatic N) is 1. The predicted molar refractivity (Wildman–Crippen MR) is 96.0 cm³/mol. The van der Waals surface area contributed by atoms with E-state index < -0.39 is 5.97 Å². The van der Waals surface area contributed by atoms with E-state index in [4.69, 9.17) is 0 Å². The molecule has 0 saturated heterocycles. The average molecular weight is 354 g/mol. The van der Waals surface area contributed by atoms with Gasteiger partial charge >= 0.3 is 5.97 Å². The predicted octanol–water partition coefficient (Wildman–Crippen LogP) is 3.77. The molecule has 1 amide bonds. The van der Waals surface area contributed by atoms with Crippen LogP contribution in [0.1, 0.15) is 51.2 Å². The van der Waals surface area contributed by atoms with E-state index in [1.54, 1.807) is 18.2 Å². The second-order valence-corrected chi connectivity index (χ2v) is 7.17. The summed E-state index contributed by atoms with van der Waals surface area (Å²) in [5, 5.41) is 22.1. The van der Waals surface area contributed by atoms with Crippen LogP contribution in [-0.2, 0) is 24.1 Å². The lowest BCUT2D eigenvalue weighted by molar-refractivity contribution is -0.115. The van der Waals surface area contributed by atoms with Gasteiger partial charge in [0, 0.05) is 4.88 Å². The number of anilines is 1. The molecule has 2 N–H and O–H groups in total. The average Bonchev–Trinajstić information content (AvgIpc) is 2.75. The van der Waals surface area contributed by atoms with Crippen LogP contribution in [0.2, 0.25) is 0 Å². The minimum Gasteiger partial charge on any atom is -0.478 e. The number of carboxylic acid groups (broad SMARTS) is 1. The number of hydrogen-bond donors (Lipinski definition) is 2. The summed E-state index contributed by atoms with van der Waals surface area (Å²) in [5.74, 6) is -1.36. The van der Waals surface area contributed by atoms with E-state index in [0.717, 1.165) is 31.2 Å². The molecule has 25 heavy (non-hydrogen) atoms. The highest BCUT2D eigenvalue weighted by atomic mass is 32.1. The number of aromatic carboxylic acids is 1. The van der Waals surface area contributed by atoms with Gasteiger partial charge < -0.3 is 10.4 Å². The summed E-state index contributed by atoms with van der Waals surface area (Å²) in [7, 11) is 0. The van der Waals surface area contributed by atoms with Crippen molar-refractivity contribution >= 4 is 28.2 Å². The third-order valence-electron chi connectivity index (χ3n) is 4.38. The molecule has 1 aliphatic rings. The van der Waals surface area contributed by atoms with Crippen molar-refractivity contribution in [2.75, 3.05) is 5.32 Å². The third-order valence-corrected chi connectivity index (χ3v) is 5.59. The number of benzene rings is 1. The Bertz CT molecular complexity index is 864. The number of rotatable bonds is 4. The molecule has 3 rings (SSSR count). The lowest BCUT2D eigenvalue weighted by atomic mass is 10.0. The van der Waals surface area contributed by atoms with Crippen LogP contribution in [0, 0.1) is 11.3 Å². The lowest BCUT2D eigenvalue weighted by Crippen LogP contribution is -2.16. The van der Waals surface area contributed by atoms with Crippen molar-refractivity contribution < 1.29 is 14.7 Å². The van der Waals surface area contributed by atoms with Crippen LogP contribution >= 0.6 is 11.3 Å². The maximum atomic E-state index is 12.4. The van der Waals surface area contributed by atoms with E-state index in [0.29, 0.717) is 16.1 Å². The van der Waals surface area contributed by atoms with Crippen LogP contribution in [0.25, 0.3) is 0 Å². The fourth-order valence-corrected chi connectivity index (χ4v) is 4.43. The molecule has 0 fully saturated rings. The van der Waals surface area contributed by atoms with Gasteiger partial charge in [0.05, 0.1) is 17.5 Å². The molecule has 0 saturated carbocycles. The molecular weight excluding hydrogens is 336 g/mol. The van der Waals surface area contributed by atoms with Gasteiger partial charge in [-0.05, 0) is 42.9 Å². The molecule has 1 aromatic heterocycles. The molecule has 5 nitrogen and oxygen atoms in total. The third kappa shape index (κ3) is 3.72. The molecule has 0 aliphatic heterocycles. The maximum Gasteiger partial charge on any atom is 0.335 e. The Balaban J connectivity index is 1.80. The monoisotopic (exact) mass is 354 g/mol. The molecule has 128 valence electrons. The topological polar surface area (TPSA) is 90.2 Å². The second-order valence-electron chi connectivity index (χ2n) is 6.07. The zero-order chi connectivity index (χ0) is 17.8. The van der Waals surface area contributed by atoms with Crippen molar-refractivity contribution in [2.45, 2.75) is 38.5 Å². The zero-order valence-corrected chi connectivity index (χ0v) is 14.5. The number of carbonyl (C=O) groups is 2. The number of amides is 1. The number of thiophene rings is 1. The molecule has 0 radical (unpaired) electrons. The van der Waals surface area contributed by atoms with Crippen molar-refractivity contribution in [3.63, 3.8) is 0 Å². The Morgan fingerprint density at radius 3 is 2.72 bits per heavy atom. The maximum absolute atomic E-state index is 12.4. The van der Waals surface area contributed by atoms with Crippen molar-refractivity contribution in [1.82, 2.24) is 0 Å². The summed E-state index contributed by atoms with van der Waals surface area (Å²) >= 11 is 1.48. The standard InChI is InChI=1S/C19H18N2O3S/c20-11-15-14-8-2-1-3-9-16(14)25-18(15)21-17(22)10-12-6-4-5-7-13(12)19(23)24/h4-7H,1-3,8-10H2,(H,21,22)(H,23,24). The van der Waals surface area contributed by atoms with Crippen molar-refractivity contribution in [3.05, 3.63) is 51.4 Å². The van der Waals surface area contributed by atoms with Gasteiger partial charge in [-0.2, -0.15) is 5.26 Å². The van der Waals surface area contributed by atoms with Crippen LogP contribution in [0.4, 0.5) is 5.00 Å². The number of carbonyl (C=O) groups excluding carboxylic acids is 1. The van der Waals surface area contributed by atoms with E-state index in [9.17, 15) is 20.0 Å². The molecule has 0 spiro atoms. The Labute approximate surface area is 149 Å². The fourth-order valence-electron chi connectivity index (χ4n) is 3.18. The highest BCUT2D eigenvalue weighted by Crippen LogP contribution is 2.37. The molecule has 6 heteroatoms. The number of carboxylic acids is 1. The first-order valence-electron chi connectivity index (χ1n) is 8.26. The summed E-state index contributed by atoms with van der Waals surface area (Å²) < 4.78 is 0. The minimum absolute atomic E-state index is 0.0318. The summed E-state index contributed by atoms with van der Waals surface area (Å²) in [6, 6.07) is 8.70. The van der Waals surface area contributed by atoms with Gasteiger partial charge in [0.1, 0.15) is 11.1 Å². The molecule has 0 atom stereocenters. The van der Waals surface area contributed by atoms with Crippen molar-refractivity contribution in [2.24, 2.45) is 0 Å². The van der Waals surface area contributed by atoms with Gasteiger partial charge in [0.25, 0.3) is 0 Å². The van der Waals surface area contributed by atoms with Gasteiger partial charge in [-0.3, -0.25) is 4.79 Å². The number of nitrogens with one attached hydrogen (secondary N) is 1. The molecule has 0 bridgehead atoms. The Morgan fingerprint density at radius 2 is 1.96 bits per heavy atom. The molecule has 0 unspecified atom stereocenters. The van der Waals surface area contributed by atoms with E-state index in [-0.39, 0.29) is 17.9 Å². The minimum atomic E-state index is -1.05. The molecule has 1 aliphatic carbocycles. The van der Waals surface area contributed by atoms with Crippen LogP contribution in [0.3, 0.4) is 0 Å². The quantitative estimate of drug-likeness (QED) is 0.818. The lowest BCUT2D eigenvalue weighted by Gasteiger charge is -2.07. The molecule has 1 aromatic carbocycles. The summed E-state index contributed by atoms with van der Waals surface area (Å²) in [6.07, 6.45) is 5.14. The first-order valence-corrected chi connectivity index (χ1v) is 9.07. The zero-order valence-electron chi connectivity index (χ0n) is 13.7. The Hall–Kier alpha value is -2.65. The van der Waals surface area contributed by atoms with E-state index >= 15 is 0 Å². The van der Waals surface area contributed by atoms with E-state index in [2.05, 4.69) is 11.4 Å². The second kappa shape index (κ2) is 7.49. The van der Waals surface area contributed by atoms with Gasteiger partial charge in [-0.1, -0.05) is 24.6 Å². The molecule has 2 aromatic rings. The van der Waals surface area contributed by atoms with E-state index in [1.807, 2.05) is 0 Å². The molecule has 1 heterocycles.